The highest BCUT2D eigenvalue weighted by Crippen LogP contribution is 2.39. The van der Waals surface area contributed by atoms with Gasteiger partial charge in [0.25, 0.3) is 5.91 Å². The molecular formula is C29H35ClN3O6PS. The van der Waals surface area contributed by atoms with Gasteiger partial charge in [-0.2, -0.15) is 0 Å². The SMILES string of the molecule is C=P(O)(O)OCCC(C)CCCNC(=O)c1cc(-c2cccc(S(=O)(=O)CC)c2)c2c([nH]c3ncc(Cl)cc32)c1C. The molecule has 4 aromatic rings. The van der Waals surface area contributed by atoms with E-state index in [2.05, 4.69) is 21.6 Å². The number of hydrogen-bond acceptors (Lipinski definition) is 7. The van der Waals surface area contributed by atoms with Crippen molar-refractivity contribution in [2.75, 3.05) is 18.9 Å². The number of aromatic amines is 1. The van der Waals surface area contributed by atoms with E-state index in [-0.39, 0.29) is 29.1 Å². The fourth-order valence-electron chi connectivity index (χ4n) is 4.84. The van der Waals surface area contributed by atoms with Crippen LogP contribution in [0, 0.1) is 12.8 Å². The van der Waals surface area contributed by atoms with E-state index in [0.717, 1.165) is 34.7 Å². The average Bonchev–Trinajstić information content (AvgIpc) is 3.30. The van der Waals surface area contributed by atoms with Gasteiger partial charge in [-0.3, -0.25) is 4.79 Å². The van der Waals surface area contributed by atoms with Gasteiger partial charge in [-0.25, -0.2) is 13.4 Å². The topological polar surface area (TPSA) is 142 Å². The number of benzene rings is 2. The van der Waals surface area contributed by atoms with Crippen molar-refractivity contribution in [3.8, 4) is 11.1 Å². The Labute approximate surface area is 245 Å². The normalized spacial score (nSPS) is 13.1. The first-order valence-electron chi connectivity index (χ1n) is 13.4. The van der Waals surface area contributed by atoms with E-state index < -0.39 is 17.4 Å². The first-order chi connectivity index (χ1) is 19.3. The smallest absolute Gasteiger partial charge is 0.251 e. The summed E-state index contributed by atoms with van der Waals surface area (Å²) in [6.45, 7) is 6.18. The summed E-state index contributed by atoms with van der Waals surface area (Å²) in [7, 11) is -6.92. The predicted octanol–water partition coefficient (Wildman–Crippen LogP) is 5.87. The average molecular weight is 620 g/mol. The van der Waals surface area contributed by atoms with Gasteiger partial charge >= 0.3 is 0 Å². The van der Waals surface area contributed by atoms with Crippen molar-refractivity contribution in [1.29, 1.82) is 0 Å². The second-order valence-electron chi connectivity index (χ2n) is 10.2. The molecule has 2 heterocycles. The molecule has 0 saturated carbocycles. The molecule has 9 nitrogen and oxygen atoms in total. The van der Waals surface area contributed by atoms with Gasteiger partial charge in [0.05, 0.1) is 27.8 Å². The Morgan fingerprint density at radius 1 is 1.24 bits per heavy atom. The van der Waals surface area contributed by atoms with Crippen LogP contribution in [-0.4, -0.2) is 59.3 Å². The number of carbonyl (C=O) groups is 1. The monoisotopic (exact) mass is 619 g/mol. The van der Waals surface area contributed by atoms with E-state index in [0.29, 0.717) is 40.3 Å². The highest BCUT2D eigenvalue weighted by molar-refractivity contribution is 7.91. The van der Waals surface area contributed by atoms with Crippen molar-refractivity contribution < 1.29 is 27.5 Å². The molecule has 0 spiro atoms. The van der Waals surface area contributed by atoms with Crippen LogP contribution in [0.5, 0.6) is 0 Å². The standard InChI is InChI=1S/C29H35ClN3O6PS/c1-5-41(37,38)22-10-6-9-20(14-22)24-16-23(19(3)27-26(24)25-15-21(30)17-32-28(25)33-27)29(34)31-12-7-8-18(2)11-13-39-40(4,35)36/h6,9-10,14-18,35-36H,4-5,7-8,11-13H2,1-3H3,(H,31,34)(H,32,33). The fourth-order valence-corrected chi connectivity index (χ4v) is 6.33. The zero-order chi connectivity index (χ0) is 29.9. The van der Waals surface area contributed by atoms with Crippen LogP contribution in [0.4, 0.5) is 0 Å². The maximum atomic E-state index is 13.4. The quantitative estimate of drug-likeness (QED) is 0.115. The largest absolute Gasteiger partial charge is 0.352 e. The van der Waals surface area contributed by atoms with Crippen molar-refractivity contribution in [1.82, 2.24) is 15.3 Å². The Morgan fingerprint density at radius 2 is 2.00 bits per heavy atom. The molecule has 220 valence electrons. The number of pyridine rings is 1. The molecule has 1 atom stereocenters. The molecule has 0 radical (unpaired) electrons. The minimum Gasteiger partial charge on any atom is -0.352 e. The van der Waals surface area contributed by atoms with Crippen LogP contribution in [0.3, 0.4) is 0 Å². The van der Waals surface area contributed by atoms with Crippen molar-refractivity contribution in [2.24, 2.45) is 5.92 Å². The second-order valence-corrected chi connectivity index (χ2v) is 14.5. The number of amides is 1. The minimum absolute atomic E-state index is 0.0213. The molecule has 0 aliphatic rings. The lowest BCUT2D eigenvalue weighted by Gasteiger charge is -2.15. The molecule has 0 aliphatic carbocycles. The lowest BCUT2D eigenvalue weighted by atomic mass is 9.93. The zero-order valence-corrected chi connectivity index (χ0v) is 25.7. The van der Waals surface area contributed by atoms with Crippen LogP contribution in [0.1, 0.15) is 49.0 Å². The maximum Gasteiger partial charge on any atom is 0.251 e. The van der Waals surface area contributed by atoms with Crippen molar-refractivity contribution in [2.45, 2.75) is 44.9 Å². The van der Waals surface area contributed by atoms with Gasteiger partial charge in [0.15, 0.2) is 9.84 Å². The summed E-state index contributed by atoms with van der Waals surface area (Å²) in [6, 6.07) is 10.4. The Kier molecular flexibility index (Phi) is 9.63. The molecule has 1 unspecified atom stereocenters. The second kappa shape index (κ2) is 12.7. The van der Waals surface area contributed by atoms with Gasteiger partial charge in [0, 0.05) is 29.1 Å². The number of nitrogens with one attached hydrogen (secondary N) is 2. The van der Waals surface area contributed by atoms with Crippen LogP contribution >= 0.6 is 19.2 Å². The number of nitrogens with zero attached hydrogens (tertiary/aromatic N) is 1. The Hall–Kier alpha value is -2.72. The number of carbonyl (C=O) groups excluding carboxylic acids is 1. The summed E-state index contributed by atoms with van der Waals surface area (Å²) in [5, 5.41) is 5.06. The Morgan fingerprint density at radius 3 is 2.71 bits per heavy atom. The van der Waals surface area contributed by atoms with Crippen LogP contribution in [-0.2, 0) is 14.4 Å². The van der Waals surface area contributed by atoms with E-state index in [4.69, 9.17) is 16.1 Å². The van der Waals surface area contributed by atoms with E-state index in [1.165, 1.54) is 0 Å². The molecule has 4 rings (SSSR count). The van der Waals surface area contributed by atoms with Crippen molar-refractivity contribution in [3.63, 3.8) is 0 Å². The Balaban J connectivity index is 1.65. The van der Waals surface area contributed by atoms with Gasteiger partial charge in [-0.15, -0.1) is 0 Å². The van der Waals surface area contributed by atoms with Crippen LogP contribution < -0.4 is 5.32 Å². The van der Waals surface area contributed by atoms with E-state index in [9.17, 15) is 23.0 Å². The third kappa shape index (κ3) is 7.38. The van der Waals surface area contributed by atoms with E-state index >= 15 is 0 Å². The van der Waals surface area contributed by atoms with Crippen LogP contribution in [0.2, 0.25) is 5.02 Å². The number of aryl methyl sites for hydroxylation is 1. The molecular weight excluding hydrogens is 585 g/mol. The first kappa shape index (κ1) is 31.2. The number of fused-ring (bicyclic) bond motifs is 3. The summed E-state index contributed by atoms with van der Waals surface area (Å²) in [5.74, 6) is 0.00305. The van der Waals surface area contributed by atoms with Crippen LogP contribution in [0.25, 0.3) is 33.1 Å². The minimum atomic E-state index is -3.47. The first-order valence-corrected chi connectivity index (χ1v) is 17.2. The highest BCUT2D eigenvalue weighted by atomic mass is 35.5. The third-order valence-corrected chi connectivity index (χ3v) is 9.69. The molecule has 0 fully saturated rings. The fraction of sp³-hybridized carbons (Fsp3) is 0.345. The van der Waals surface area contributed by atoms with E-state index in [1.807, 2.05) is 26.0 Å². The van der Waals surface area contributed by atoms with Crippen molar-refractivity contribution in [3.05, 3.63) is 58.7 Å². The molecule has 4 N–H and O–H groups in total. The zero-order valence-electron chi connectivity index (χ0n) is 23.3. The number of aromatic nitrogens is 2. The van der Waals surface area contributed by atoms with Gasteiger partial charge < -0.3 is 24.6 Å². The molecule has 41 heavy (non-hydrogen) atoms. The molecule has 2 aromatic heterocycles. The van der Waals surface area contributed by atoms with Crippen LogP contribution in [0.15, 0.2) is 47.5 Å². The Bertz CT molecular complexity index is 1750. The molecule has 0 aliphatic heterocycles. The van der Waals surface area contributed by atoms with Gasteiger partial charge in [-0.1, -0.05) is 37.6 Å². The lowest BCUT2D eigenvalue weighted by molar-refractivity contribution is 0.0951. The molecule has 12 heteroatoms. The summed E-state index contributed by atoms with van der Waals surface area (Å²) < 4.78 is 30.3. The third-order valence-electron chi connectivity index (χ3n) is 7.15. The van der Waals surface area contributed by atoms with Crippen molar-refractivity contribution >= 4 is 63.1 Å². The summed E-state index contributed by atoms with van der Waals surface area (Å²) in [4.78, 5) is 39.9. The summed E-state index contributed by atoms with van der Waals surface area (Å²) in [6.07, 6.45) is 6.94. The number of sulfone groups is 1. The summed E-state index contributed by atoms with van der Waals surface area (Å²) in [5.41, 5.74) is 3.91. The van der Waals surface area contributed by atoms with Gasteiger partial charge in [0.1, 0.15) is 5.65 Å². The molecule has 1 amide bonds. The highest BCUT2D eigenvalue weighted by Gasteiger charge is 2.21. The molecule has 0 saturated heterocycles. The number of hydrogen-bond donors (Lipinski definition) is 4. The van der Waals surface area contributed by atoms with E-state index in [1.54, 1.807) is 37.4 Å². The maximum absolute atomic E-state index is 13.4. The molecule has 2 aromatic carbocycles. The van der Waals surface area contributed by atoms with Gasteiger partial charge in [-0.05, 0) is 79.4 Å². The van der Waals surface area contributed by atoms with Gasteiger partial charge in [0.2, 0.25) is 7.57 Å². The summed E-state index contributed by atoms with van der Waals surface area (Å²) >= 11 is 6.29. The number of H-pyrrole nitrogens is 1. The predicted molar refractivity (Wildman–Crippen MR) is 166 cm³/mol. The molecule has 0 bridgehead atoms. The lowest BCUT2D eigenvalue weighted by Crippen LogP contribution is -2.25. The number of halogens is 1. The number of rotatable bonds is 12.